The van der Waals surface area contributed by atoms with E-state index in [2.05, 4.69) is 9.98 Å². The van der Waals surface area contributed by atoms with Crippen LogP contribution < -0.4 is 0 Å². The van der Waals surface area contributed by atoms with Crippen molar-refractivity contribution in [1.82, 2.24) is 4.90 Å². The van der Waals surface area contributed by atoms with Gasteiger partial charge in [-0.05, 0) is 6.92 Å². The molecule has 0 saturated heterocycles. The van der Waals surface area contributed by atoms with E-state index in [1.54, 1.807) is 24.2 Å². The monoisotopic (exact) mass is 265 g/mol. The maximum Gasteiger partial charge on any atom is 0.173 e. The zero-order chi connectivity index (χ0) is 8.77. The van der Waals surface area contributed by atoms with Gasteiger partial charge in [-0.15, -0.1) is 17.0 Å². The van der Waals surface area contributed by atoms with Crippen LogP contribution in [0.15, 0.2) is 22.4 Å². The summed E-state index contributed by atoms with van der Waals surface area (Å²) >= 11 is 5.76. The minimum Gasteiger partial charge on any atom is -0.368 e. The van der Waals surface area contributed by atoms with Gasteiger partial charge in [-0.2, -0.15) is 0 Å². The van der Waals surface area contributed by atoms with Crippen molar-refractivity contribution in [2.45, 2.75) is 12.6 Å². The first-order valence-electron chi connectivity index (χ1n) is 3.58. The maximum absolute atomic E-state index is 9.57. The molecule has 2 aliphatic rings. The molecule has 0 aromatic heterocycles. The van der Waals surface area contributed by atoms with Crippen molar-refractivity contribution in [3.8, 4) is 0 Å². The highest BCUT2D eigenvalue weighted by Gasteiger charge is 2.34. The quantitative estimate of drug-likeness (QED) is 0.714. The Balaban J connectivity index is 0.000000845. The van der Waals surface area contributed by atoms with Crippen LogP contribution in [0.3, 0.4) is 0 Å². The molecule has 1 atom stereocenters. The van der Waals surface area contributed by atoms with Gasteiger partial charge in [-0.3, -0.25) is 0 Å². The number of aliphatic hydroxyl groups is 1. The molecule has 0 bridgehead atoms. The van der Waals surface area contributed by atoms with Gasteiger partial charge in [-0.1, -0.05) is 11.6 Å². The second-order valence-electron chi connectivity index (χ2n) is 3.00. The molecule has 0 radical (unpaired) electrons. The smallest absolute Gasteiger partial charge is 0.173 e. The molecule has 0 aromatic rings. The van der Waals surface area contributed by atoms with Gasteiger partial charge in [0.05, 0.1) is 6.54 Å². The summed E-state index contributed by atoms with van der Waals surface area (Å²) < 4.78 is 0. The van der Waals surface area contributed by atoms with Crippen LogP contribution >= 0.6 is 28.6 Å². The Hall–Kier alpha value is -0.390. The zero-order valence-electron chi connectivity index (χ0n) is 6.94. The minimum atomic E-state index is -1.04. The number of fused-ring (bicyclic) bond motifs is 1. The summed E-state index contributed by atoms with van der Waals surface area (Å²) in [5.74, 6) is 0.546. The SMILES string of the molecule is Br.CC1(O)CN2C=CN=C(Cl)C2=N1. The molecule has 0 amide bonds. The minimum absolute atomic E-state index is 0. The zero-order valence-corrected chi connectivity index (χ0v) is 9.41. The van der Waals surface area contributed by atoms with Crippen molar-refractivity contribution in [2.24, 2.45) is 9.98 Å². The van der Waals surface area contributed by atoms with E-state index < -0.39 is 5.72 Å². The molecule has 1 unspecified atom stereocenters. The van der Waals surface area contributed by atoms with Gasteiger partial charge in [0.15, 0.2) is 16.7 Å². The first-order valence-corrected chi connectivity index (χ1v) is 3.95. The van der Waals surface area contributed by atoms with Gasteiger partial charge >= 0.3 is 0 Å². The highest BCUT2D eigenvalue weighted by Crippen LogP contribution is 2.21. The Morgan fingerprint density at radius 2 is 2.38 bits per heavy atom. The van der Waals surface area contributed by atoms with Crippen molar-refractivity contribution in [2.75, 3.05) is 6.54 Å². The Kier molecular flexibility index (Phi) is 2.79. The summed E-state index contributed by atoms with van der Waals surface area (Å²) in [6.07, 6.45) is 3.33. The maximum atomic E-state index is 9.57. The second-order valence-corrected chi connectivity index (χ2v) is 3.36. The average molecular weight is 267 g/mol. The molecule has 6 heteroatoms. The summed E-state index contributed by atoms with van der Waals surface area (Å²) in [4.78, 5) is 9.64. The van der Waals surface area contributed by atoms with E-state index in [1.807, 2.05) is 0 Å². The molecule has 13 heavy (non-hydrogen) atoms. The topological polar surface area (TPSA) is 48.2 Å². The van der Waals surface area contributed by atoms with Crippen LogP contribution in [0.25, 0.3) is 0 Å². The summed E-state index contributed by atoms with van der Waals surface area (Å²) in [5, 5.41) is 9.90. The van der Waals surface area contributed by atoms with Crippen LogP contribution in [-0.4, -0.2) is 33.3 Å². The number of halogens is 2. The standard InChI is InChI=1S/C7H8ClN3O.BrH/c1-7(12)4-11-3-2-9-5(8)6(11)10-7;/h2-3,12H,4H2,1H3;1H. The Morgan fingerprint density at radius 1 is 1.69 bits per heavy atom. The number of amidine groups is 1. The second kappa shape index (κ2) is 3.40. The van der Waals surface area contributed by atoms with Crippen molar-refractivity contribution in [3.05, 3.63) is 12.4 Å². The number of nitrogens with zero attached hydrogens (tertiary/aromatic N) is 3. The van der Waals surface area contributed by atoms with E-state index in [4.69, 9.17) is 11.6 Å². The van der Waals surface area contributed by atoms with E-state index >= 15 is 0 Å². The van der Waals surface area contributed by atoms with Crippen LogP contribution in [0.2, 0.25) is 0 Å². The molecular formula is C7H9BrClN3O. The highest BCUT2D eigenvalue weighted by atomic mass is 79.9. The lowest BCUT2D eigenvalue weighted by Gasteiger charge is -2.18. The van der Waals surface area contributed by atoms with Gasteiger partial charge in [0.2, 0.25) is 0 Å². The normalized spacial score (nSPS) is 30.5. The predicted octanol–water partition coefficient (Wildman–Crippen LogP) is 1.11. The van der Waals surface area contributed by atoms with Crippen molar-refractivity contribution in [1.29, 1.82) is 0 Å². The predicted molar refractivity (Wildman–Crippen MR) is 57.5 cm³/mol. The molecular weight excluding hydrogens is 257 g/mol. The van der Waals surface area contributed by atoms with Gasteiger partial charge < -0.3 is 10.0 Å². The van der Waals surface area contributed by atoms with E-state index in [0.29, 0.717) is 17.6 Å². The van der Waals surface area contributed by atoms with Gasteiger partial charge in [0.25, 0.3) is 0 Å². The first kappa shape index (κ1) is 10.7. The third-order valence-corrected chi connectivity index (χ3v) is 1.97. The van der Waals surface area contributed by atoms with E-state index in [9.17, 15) is 5.11 Å². The van der Waals surface area contributed by atoms with Crippen LogP contribution in [0, 0.1) is 0 Å². The summed E-state index contributed by atoms with van der Waals surface area (Å²) in [6, 6.07) is 0. The fourth-order valence-corrected chi connectivity index (χ4v) is 1.46. The van der Waals surface area contributed by atoms with Crippen molar-refractivity contribution >= 4 is 39.6 Å². The molecule has 2 aliphatic heterocycles. The van der Waals surface area contributed by atoms with Crippen LogP contribution in [0.5, 0.6) is 0 Å². The van der Waals surface area contributed by atoms with Gasteiger partial charge in [-0.25, -0.2) is 9.98 Å². The summed E-state index contributed by atoms with van der Waals surface area (Å²) in [7, 11) is 0. The molecule has 0 spiro atoms. The van der Waals surface area contributed by atoms with Crippen molar-refractivity contribution in [3.63, 3.8) is 0 Å². The van der Waals surface area contributed by atoms with Crippen molar-refractivity contribution < 1.29 is 5.11 Å². The van der Waals surface area contributed by atoms with E-state index in [0.717, 1.165) is 0 Å². The van der Waals surface area contributed by atoms with E-state index in [1.165, 1.54) is 0 Å². The lowest BCUT2D eigenvalue weighted by atomic mass is 10.3. The first-order chi connectivity index (χ1) is 5.58. The fourth-order valence-electron chi connectivity index (χ4n) is 1.25. The molecule has 4 nitrogen and oxygen atoms in total. The summed E-state index contributed by atoms with van der Waals surface area (Å²) in [6.45, 7) is 2.07. The third-order valence-electron chi connectivity index (χ3n) is 1.71. The molecule has 0 aromatic carbocycles. The lowest BCUT2D eigenvalue weighted by molar-refractivity contribution is 0.0708. The number of hydrogen-bond donors (Lipinski definition) is 1. The largest absolute Gasteiger partial charge is 0.368 e. The lowest BCUT2D eigenvalue weighted by Crippen LogP contribution is -2.32. The molecule has 0 fully saturated rings. The van der Waals surface area contributed by atoms with Crippen LogP contribution in [-0.2, 0) is 0 Å². The Labute approximate surface area is 91.4 Å². The van der Waals surface area contributed by atoms with Crippen LogP contribution in [0.1, 0.15) is 6.92 Å². The van der Waals surface area contributed by atoms with Gasteiger partial charge in [0, 0.05) is 12.4 Å². The summed E-state index contributed by atoms with van der Waals surface area (Å²) in [5.41, 5.74) is -1.04. The molecule has 0 saturated carbocycles. The molecule has 2 rings (SSSR count). The van der Waals surface area contributed by atoms with Gasteiger partial charge in [0.1, 0.15) is 0 Å². The Bertz CT molecular complexity index is 311. The highest BCUT2D eigenvalue weighted by molar-refractivity contribution is 8.93. The molecule has 0 aliphatic carbocycles. The van der Waals surface area contributed by atoms with E-state index in [-0.39, 0.29) is 17.0 Å². The fraction of sp³-hybridized carbons (Fsp3) is 0.429. The number of hydrogen-bond acceptors (Lipinski definition) is 4. The molecule has 1 N–H and O–H groups in total. The number of aliphatic imine (C=N–C) groups is 2. The Morgan fingerprint density at radius 3 is 3.00 bits per heavy atom. The molecule has 2 heterocycles. The molecule has 72 valence electrons. The average Bonchev–Trinajstić information content (AvgIpc) is 2.25. The number of rotatable bonds is 0. The third kappa shape index (κ3) is 1.92. The van der Waals surface area contributed by atoms with Crippen LogP contribution in [0.4, 0.5) is 0 Å².